The summed E-state index contributed by atoms with van der Waals surface area (Å²) in [6.45, 7) is -0.425. The van der Waals surface area contributed by atoms with Crippen LogP contribution in [0.1, 0.15) is 15.9 Å². The van der Waals surface area contributed by atoms with E-state index in [-0.39, 0.29) is 27.0 Å². The van der Waals surface area contributed by atoms with Gasteiger partial charge in [-0.1, -0.05) is 6.07 Å². The molecule has 4 nitrogen and oxygen atoms in total. The maximum absolute atomic E-state index is 13.8. The van der Waals surface area contributed by atoms with Gasteiger partial charge in [0, 0.05) is 0 Å². The van der Waals surface area contributed by atoms with Gasteiger partial charge in [0.2, 0.25) is 0 Å². The van der Waals surface area contributed by atoms with Gasteiger partial charge in [0.05, 0.1) is 21.3 Å². The Kier molecular flexibility index (Phi) is 4.42. The number of para-hydroxylation sites is 1. The van der Waals surface area contributed by atoms with Crippen molar-refractivity contribution in [1.82, 2.24) is 0 Å². The Morgan fingerprint density at radius 3 is 2.62 bits per heavy atom. The summed E-state index contributed by atoms with van der Waals surface area (Å²) >= 11 is 2.96. The van der Waals surface area contributed by atoms with Crippen LogP contribution in [0.5, 0.6) is 5.75 Å². The van der Waals surface area contributed by atoms with E-state index < -0.39 is 24.1 Å². The van der Waals surface area contributed by atoms with Crippen LogP contribution in [-0.4, -0.2) is 5.91 Å². The van der Waals surface area contributed by atoms with Crippen molar-refractivity contribution in [1.29, 1.82) is 0 Å². The minimum atomic E-state index is -0.773. The van der Waals surface area contributed by atoms with E-state index >= 15 is 0 Å². The minimum Gasteiger partial charge on any atom is -0.486 e. The molecule has 0 fully saturated rings. The van der Waals surface area contributed by atoms with Crippen LogP contribution in [0.2, 0.25) is 0 Å². The largest absolute Gasteiger partial charge is 0.486 e. The fourth-order valence-corrected chi connectivity index (χ4v) is 2.13. The number of halogens is 3. The number of primary amides is 1. The molecule has 2 aromatic carbocycles. The topological polar surface area (TPSA) is 78.3 Å². The molecule has 21 heavy (non-hydrogen) atoms. The molecule has 4 N–H and O–H groups in total. The summed E-state index contributed by atoms with van der Waals surface area (Å²) in [5, 5.41) is 0. The molecule has 2 aromatic rings. The molecule has 7 heteroatoms. The minimum absolute atomic E-state index is 0.00350. The smallest absolute Gasteiger partial charge is 0.252 e. The highest BCUT2D eigenvalue weighted by Gasteiger charge is 2.16. The number of hydrogen-bond donors (Lipinski definition) is 2. The second kappa shape index (κ2) is 6.09. The second-order valence-electron chi connectivity index (χ2n) is 4.20. The van der Waals surface area contributed by atoms with E-state index in [4.69, 9.17) is 16.2 Å². The molecule has 0 atom stereocenters. The Morgan fingerprint density at radius 1 is 1.24 bits per heavy atom. The summed E-state index contributed by atoms with van der Waals surface area (Å²) in [5.74, 6) is -2.27. The van der Waals surface area contributed by atoms with Crippen molar-refractivity contribution in [3.63, 3.8) is 0 Å². The molecule has 0 heterocycles. The van der Waals surface area contributed by atoms with E-state index in [0.29, 0.717) is 0 Å². The van der Waals surface area contributed by atoms with Gasteiger partial charge in [-0.25, -0.2) is 8.78 Å². The third kappa shape index (κ3) is 3.13. The highest BCUT2D eigenvalue weighted by molar-refractivity contribution is 9.10. The monoisotopic (exact) mass is 356 g/mol. The predicted octanol–water partition coefficient (Wildman–Crippen LogP) is 2.99. The third-order valence-electron chi connectivity index (χ3n) is 2.81. The standard InChI is InChI=1S/C14H11BrF2N2O2/c15-9-4-5-10(16)8(12(9)17)6-21-13-7(14(19)20)2-1-3-11(13)18/h1-5H,6,18H2,(H2,19,20). The van der Waals surface area contributed by atoms with E-state index in [1.54, 1.807) is 0 Å². The zero-order chi connectivity index (χ0) is 15.6. The quantitative estimate of drug-likeness (QED) is 0.652. The van der Waals surface area contributed by atoms with Gasteiger partial charge in [-0.05, 0) is 40.2 Å². The van der Waals surface area contributed by atoms with Gasteiger partial charge in [0.25, 0.3) is 5.91 Å². The fraction of sp³-hybridized carbons (Fsp3) is 0.0714. The first-order chi connectivity index (χ1) is 9.91. The van der Waals surface area contributed by atoms with Gasteiger partial charge in [0.15, 0.2) is 5.75 Å². The summed E-state index contributed by atoms with van der Waals surface area (Å²) in [7, 11) is 0. The first-order valence-corrected chi connectivity index (χ1v) is 6.64. The van der Waals surface area contributed by atoms with E-state index in [9.17, 15) is 13.6 Å². The number of carbonyl (C=O) groups excluding carboxylic acids is 1. The summed E-state index contributed by atoms with van der Waals surface area (Å²) in [4.78, 5) is 11.3. The molecule has 0 radical (unpaired) electrons. The van der Waals surface area contributed by atoms with Crippen molar-refractivity contribution in [2.75, 3.05) is 5.73 Å². The summed E-state index contributed by atoms with van der Waals surface area (Å²) in [5.41, 5.74) is 10.8. The molecule has 0 spiro atoms. The Bertz CT molecular complexity index is 708. The Labute approximate surface area is 127 Å². The maximum atomic E-state index is 13.8. The predicted molar refractivity (Wildman–Crippen MR) is 77.8 cm³/mol. The number of anilines is 1. The number of hydrogen-bond acceptors (Lipinski definition) is 3. The third-order valence-corrected chi connectivity index (χ3v) is 3.42. The first kappa shape index (κ1) is 15.2. The van der Waals surface area contributed by atoms with E-state index in [2.05, 4.69) is 15.9 Å². The molecule has 0 aliphatic rings. The van der Waals surface area contributed by atoms with Crippen LogP contribution in [0.15, 0.2) is 34.8 Å². The van der Waals surface area contributed by atoms with Crippen LogP contribution in [-0.2, 0) is 6.61 Å². The molecule has 0 aromatic heterocycles. The lowest BCUT2D eigenvalue weighted by molar-refractivity contribution is 0.0996. The van der Waals surface area contributed by atoms with Gasteiger partial charge in [0.1, 0.15) is 18.2 Å². The van der Waals surface area contributed by atoms with Gasteiger partial charge < -0.3 is 16.2 Å². The highest BCUT2D eigenvalue weighted by Crippen LogP contribution is 2.28. The molecule has 1 amide bonds. The lowest BCUT2D eigenvalue weighted by atomic mass is 10.1. The Morgan fingerprint density at radius 2 is 1.95 bits per heavy atom. The average molecular weight is 357 g/mol. The fourth-order valence-electron chi connectivity index (χ4n) is 1.76. The number of benzene rings is 2. The average Bonchev–Trinajstić information content (AvgIpc) is 2.44. The summed E-state index contributed by atoms with van der Waals surface area (Å²) in [6, 6.07) is 6.80. The van der Waals surface area contributed by atoms with Crippen molar-refractivity contribution in [2.24, 2.45) is 5.73 Å². The van der Waals surface area contributed by atoms with Crippen molar-refractivity contribution in [3.8, 4) is 5.75 Å². The SMILES string of the molecule is NC(=O)c1cccc(N)c1OCc1c(F)ccc(Br)c1F. The van der Waals surface area contributed by atoms with Crippen molar-refractivity contribution in [3.05, 3.63) is 57.6 Å². The van der Waals surface area contributed by atoms with Crippen LogP contribution in [0.4, 0.5) is 14.5 Å². The van der Waals surface area contributed by atoms with Crippen LogP contribution in [0.3, 0.4) is 0 Å². The molecular weight excluding hydrogens is 346 g/mol. The second-order valence-corrected chi connectivity index (χ2v) is 5.05. The molecule has 0 saturated carbocycles. The van der Waals surface area contributed by atoms with Gasteiger partial charge in [-0.3, -0.25) is 4.79 Å². The van der Waals surface area contributed by atoms with Crippen LogP contribution >= 0.6 is 15.9 Å². The number of rotatable bonds is 4. The molecular formula is C14H11BrF2N2O2. The number of amides is 1. The Hall–Kier alpha value is -2.15. The van der Waals surface area contributed by atoms with Crippen LogP contribution in [0, 0.1) is 11.6 Å². The molecule has 2 rings (SSSR count). The number of nitrogens with two attached hydrogens (primary N) is 2. The number of nitrogen functional groups attached to an aromatic ring is 1. The van der Waals surface area contributed by atoms with Gasteiger partial charge >= 0.3 is 0 Å². The molecule has 0 saturated heterocycles. The molecule has 0 aliphatic carbocycles. The van der Waals surface area contributed by atoms with E-state index in [0.717, 1.165) is 6.07 Å². The van der Waals surface area contributed by atoms with Crippen LogP contribution < -0.4 is 16.2 Å². The summed E-state index contributed by atoms with van der Waals surface area (Å²) < 4.78 is 32.9. The van der Waals surface area contributed by atoms with E-state index in [1.807, 2.05) is 0 Å². The van der Waals surface area contributed by atoms with Crippen molar-refractivity contribution < 1.29 is 18.3 Å². The van der Waals surface area contributed by atoms with Gasteiger partial charge in [-0.2, -0.15) is 0 Å². The summed E-state index contributed by atoms with van der Waals surface area (Å²) in [6.07, 6.45) is 0. The number of carbonyl (C=O) groups is 1. The Balaban J connectivity index is 2.34. The number of ether oxygens (including phenoxy) is 1. The lowest BCUT2D eigenvalue weighted by Gasteiger charge is -2.13. The molecule has 110 valence electrons. The zero-order valence-corrected chi connectivity index (χ0v) is 12.3. The molecule has 0 bridgehead atoms. The first-order valence-electron chi connectivity index (χ1n) is 5.85. The molecule has 0 aliphatic heterocycles. The van der Waals surface area contributed by atoms with Crippen molar-refractivity contribution in [2.45, 2.75) is 6.61 Å². The van der Waals surface area contributed by atoms with Gasteiger partial charge in [-0.15, -0.1) is 0 Å². The highest BCUT2D eigenvalue weighted by atomic mass is 79.9. The van der Waals surface area contributed by atoms with E-state index in [1.165, 1.54) is 24.3 Å². The van der Waals surface area contributed by atoms with Crippen molar-refractivity contribution >= 4 is 27.5 Å². The molecule has 0 unspecified atom stereocenters. The lowest BCUT2D eigenvalue weighted by Crippen LogP contribution is -2.14. The normalized spacial score (nSPS) is 10.4. The maximum Gasteiger partial charge on any atom is 0.252 e. The zero-order valence-electron chi connectivity index (χ0n) is 10.7. The van der Waals surface area contributed by atoms with Crippen LogP contribution in [0.25, 0.3) is 0 Å².